The molecule has 0 fully saturated rings. The zero-order chi connectivity index (χ0) is 14.0. The van der Waals surface area contributed by atoms with E-state index in [-0.39, 0.29) is 11.3 Å². The molecule has 2 aromatic rings. The summed E-state index contributed by atoms with van der Waals surface area (Å²) in [5.41, 5.74) is 6.14. The van der Waals surface area contributed by atoms with E-state index in [1.165, 1.54) is 7.11 Å². The Morgan fingerprint density at radius 2 is 1.74 bits per heavy atom. The monoisotopic (exact) mass is 283 g/mol. The second-order valence-electron chi connectivity index (χ2n) is 4.00. The van der Waals surface area contributed by atoms with Crippen molar-refractivity contribution >= 4 is 11.6 Å². The van der Waals surface area contributed by atoms with Gasteiger partial charge in [0.1, 0.15) is 17.4 Å². The first-order valence-electron chi connectivity index (χ1n) is 5.57. The first kappa shape index (κ1) is 13.8. The molecule has 2 aromatic carbocycles. The Balaban J connectivity index is 2.50. The summed E-state index contributed by atoms with van der Waals surface area (Å²) >= 11 is 5.98. The predicted molar refractivity (Wildman–Crippen MR) is 70.4 cm³/mol. The maximum atomic E-state index is 13.9. The molecule has 19 heavy (non-hydrogen) atoms. The highest BCUT2D eigenvalue weighted by molar-refractivity contribution is 6.31. The Labute approximate surface area is 114 Å². The minimum absolute atomic E-state index is 0.102. The lowest BCUT2D eigenvalue weighted by Gasteiger charge is -2.16. The van der Waals surface area contributed by atoms with E-state index in [2.05, 4.69) is 0 Å². The van der Waals surface area contributed by atoms with Gasteiger partial charge < -0.3 is 10.5 Å². The number of methoxy groups -OCH3 is 1. The lowest BCUT2D eigenvalue weighted by atomic mass is 9.98. The second kappa shape index (κ2) is 5.55. The molecule has 0 saturated heterocycles. The molecule has 1 unspecified atom stereocenters. The van der Waals surface area contributed by atoms with Crippen LogP contribution < -0.4 is 10.5 Å². The van der Waals surface area contributed by atoms with Gasteiger partial charge in [-0.3, -0.25) is 0 Å². The summed E-state index contributed by atoms with van der Waals surface area (Å²) in [7, 11) is 1.34. The first-order valence-corrected chi connectivity index (χ1v) is 5.95. The molecule has 1 atom stereocenters. The number of ether oxygens (including phenoxy) is 1. The lowest BCUT2D eigenvalue weighted by molar-refractivity contribution is 0.404. The van der Waals surface area contributed by atoms with E-state index in [0.717, 1.165) is 12.1 Å². The molecule has 2 rings (SSSR count). The molecular formula is C14H12ClF2NO. The van der Waals surface area contributed by atoms with E-state index >= 15 is 0 Å². The van der Waals surface area contributed by atoms with Gasteiger partial charge in [0.2, 0.25) is 0 Å². The van der Waals surface area contributed by atoms with Crippen LogP contribution in [-0.2, 0) is 0 Å². The van der Waals surface area contributed by atoms with E-state index in [1.54, 1.807) is 24.3 Å². The highest BCUT2D eigenvalue weighted by Gasteiger charge is 2.21. The number of halogens is 3. The van der Waals surface area contributed by atoms with E-state index in [1.807, 2.05) is 0 Å². The Morgan fingerprint density at radius 3 is 2.26 bits per heavy atom. The quantitative estimate of drug-likeness (QED) is 0.933. The van der Waals surface area contributed by atoms with Crippen molar-refractivity contribution in [2.24, 2.45) is 5.73 Å². The van der Waals surface area contributed by atoms with E-state index in [9.17, 15) is 8.78 Å². The molecule has 0 aliphatic heterocycles. The molecule has 0 aromatic heterocycles. The van der Waals surface area contributed by atoms with Crippen molar-refractivity contribution in [3.63, 3.8) is 0 Å². The van der Waals surface area contributed by atoms with Crippen LogP contribution in [0.15, 0.2) is 36.4 Å². The highest BCUT2D eigenvalue weighted by Crippen LogP contribution is 2.31. The van der Waals surface area contributed by atoms with Crippen LogP contribution >= 0.6 is 11.6 Å². The van der Waals surface area contributed by atoms with Crippen molar-refractivity contribution in [1.29, 1.82) is 0 Å². The van der Waals surface area contributed by atoms with Gasteiger partial charge in [-0.05, 0) is 11.6 Å². The van der Waals surface area contributed by atoms with Crippen LogP contribution in [0, 0.1) is 11.6 Å². The maximum Gasteiger partial charge on any atom is 0.134 e. The molecule has 0 bridgehead atoms. The van der Waals surface area contributed by atoms with E-state index < -0.39 is 17.7 Å². The number of rotatable bonds is 3. The van der Waals surface area contributed by atoms with Crippen LogP contribution in [0.3, 0.4) is 0 Å². The first-order chi connectivity index (χ1) is 9.04. The molecule has 100 valence electrons. The van der Waals surface area contributed by atoms with Crippen molar-refractivity contribution < 1.29 is 13.5 Å². The van der Waals surface area contributed by atoms with Crippen LogP contribution in [0.25, 0.3) is 0 Å². The van der Waals surface area contributed by atoms with E-state index in [4.69, 9.17) is 22.1 Å². The van der Waals surface area contributed by atoms with Crippen LogP contribution in [0.5, 0.6) is 5.75 Å². The van der Waals surface area contributed by atoms with Gasteiger partial charge in [0.05, 0.1) is 13.2 Å². The third kappa shape index (κ3) is 2.69. The third-order valence-corrected chi connectivity index (χ3v) is 3.18. The fourth-order valence-corrected chi connectivity index (χ4v) is 2.11. The molecule has 0 aliphatic rings. The predicted octanol–water partition coefficient (Wildman–Crippen LogP) is 3.67. The zero-order valence-corrected chi connectivity index (χ0v) is 10.9. The summed E-state index contributed by atoms with van der Waals surface area (Å²) in [6.45, 7) is 0. The van der Waals surface area contributed by atoms with Crippen molar-refractivity contribution in [3.8, 4) is 5.75 Å². The third-order valence-electron chi connectivity index (χ3n) is 2.84. The summed E-state index contributed by atoms with van der Waals surface area (Å²) in [4.78, 5) is 0. The Bertz CT molecular complexity index is 581. The zero-order valence-electron chi connectivity index (χ0n) is 10.2. The van der Waals surface area contributed by atoms with Crippen molar-refractivity contribution in [2.45, 2.75) is 6.04 Å². The molecule has 0 amide bonds. The van der Waals surface area contributed by atoms with Gasteiger partial charge in [-0.2, -0.15) is 0 Å². The maximum absolute atomic E-state index is 13.9. The summed E-state index contributed by atoms with van der Waals surface area (Å²) in [6, 6.07) is 7.90. The molecule has 2 N–H and O–H groups in total. The summed E-state index contributed by atoms with van der Waals surface area (Å²) in [5, 5.41) is 0.365. The minimum atomic E-state index is -0.973. The molecule has 0 radical (unpaired) electrons. The van der Waals surface area contributed by atoms with Gasteiger partial charge in [-0.15, -0.1) is 0 Å². The van der Waals surface area contributed by atoms with Crippen LogP contribution in [0.2, 0.25) is 5.02 Å². The largest absolute Gasteiger partial charge is 0.497 e. The minimum Gasteiger partial charge on any atom is -0.497 e. The van der Waals surface area contributed by atoms with Gasteiger partial charge in [-0.1, -0.05) is 29.8 Å². The molecule has 0 heterocycles. The van der Waals surface area contributed by atoms with Gasteiger partial charge in [0.15, 0.2) is 0 Å². The number of benzene rings is 2. The van der Waals surface area contributed by atoms with Gasteiger partial charge in [-0.25, -0.2) is 8.78 Å². The second-order valence-corrected chi connectivity index (χ2v) is 4.41. The van der Waals surface area contributed by atoms with E-state index in [0.29, 0.717) is 10.6 Å². The topological polar surface area (TPSA) is 35.2 Å². The number of hydrogen-bond acceptors (Lipinski definition) is 2. The fraction of sp³-hybridized carbons (Fsp3) is 0.143. The van der Waals surface area contributed by atoms with Gasteiger partial charge >= 0.3 is 0 Å². The van der Waals surface area contributed by atoms with Gasteiger partial charge in [0.25, 0.3) is 0 Å². The fourth-order valence-electron chi connectivity index (χ4n) is 1.86. The lowest BCUT2D eigenvalue weighted by Crippen LogP contribution is -2.16. The van der Waals surface area contributed by atoms with Crippen LogP contribution in [-0.4, -0.2) is 7.11 Å². The van der Waals surface area contributed by atoms with Gasteiger partial charge in [0, 0.05) is 22.7 Å². The Hall–Kier alpha value is -1.65. The van der Waals surface area contributed by atoms with Crippen molar-refractivity contribution in [3.05, 3.63) is 64.2 Å². The number of hydrogen-bond donors (Lipinski definition) is 1. The van der Waals surface area contributed by atoms with Crippen molar-refractivity contribution in [2.75, 3.05) is 7.11 Å². The summed E-state index contributed by atoms with van der Waals surface area (Å²) < 4.78 is 32.6. The normalized spacial score (nSPS) is 12.3. The molecule has 0 aliphatic carbocycles. The highest BCUT2D eigenvalue weighted by atomic mass is 35.5. The summed E-state index contributed by atoms with van der Waals surface area (Å²) in [6.07, 6.45) is 0. The Morgan fingerprint density at radius 1 is 1.16 bits per heavy atom. The summed E-state index contributed by atoms with van der Waals surface area (Å²) in [5.74, 6) is -1.42. The van der Waals surface area contributed by atoms with Crippen LogP contribution in [0.4, 0.5) is 8.78 Å². The van der Waals surface area contributed by atoms with Crippen LogP contribution in [0.1, 0.15) is 17.2 Å². The molecule has 2 nitrogen and oxygen atoms in total. The average Bonchev–Trinajstić information content (AvgIpc) is 2.38. The smallest absolute Gasteiger partial charge is 0.134 e. The molecular weight excluding hydrogens is 272 g/mol. The standard InChI is InChI=1S/C14H12ClF2NO/c1-19-8-6-11(16)13(12(17)7-8)14(18)9-4-2-3-5-10(9)15/h2-7,14H,18H2,1H3. The molecule has 0 spiro atoms. The Kier molecular flexibility index (Phi) is 4.02. The number of nitrogens with two attached hydrogens (primary N) is 1. The SMILES string of the molecule is COc1cc(F)c(C(N)c2ccccc2Cl)c(F)c1. The van der Waals surface area contributed by atoms with Crippen molar-refractivity contribution in [1.82, 2.24) is 0 Å². The average molecular weight is 284 g/mol. The molecule has 5 heteroatoms. The molecule has 0 saturated carbocycles.